The van der Waals surface area contributed by atoms with Crippen molar-refractivity contribution in [2.45, 2.75) is 39.2 Å². The molecule has 1 atom stereocenters. The molecule has 0 bridgehead atoms. The van der Waals surface area contributed by atoms with Gasteiger partial charge in [0.25, 0.3) is 0 Å². The van der Waals surface area contributed by atoms with Crippen LogP contribution in [0, 0.1) is 0 Å². The average molecular weight is 172 g/mol. The van der Waals surface area contributed by atoms with Crippen LogP contribution in [0.3, 0.4) is 0 Å². The highest BCUT2D eigenvalue weighted by Gasteiger charge is 2.04. The van der Waals surface area contributed by atoms with Crippen molar-refractivity contribution in [2.24, 2.45) is 0 Å². The zero-order chi connectivity index (χ0) is 9.40. The number of nitrogens with one attached hydrogen (secondary N) is 2. The van der Waals surface area contributed by atoms with Gasteiger partial charge in [0.2, 0.25) is 5.91 Å². The fourth-order valence-electron chi connectivity index (χ4n) is 1.09. The lowest BCUT2D eigenvalue weighted by molar-refractivity contribution is -0.121. The maximum atomic E-state index is 11.1. The van der Waals surface area contributed by atoms with Crippen LogP contribution in [0.1, 0.15) is 33.1 Å². The molecule has 0 saturated heterocycles. The van der Waals surface area contributed by atoms with E-state index in [2.05, 4.69) is 17.6 Å². The largest absolute Gasteiger partial charge is 0.354 e. The van der Waals surface area contributed by atoms with E-state index in [1.54, 1.807) is 0 Å². The first kappa shape index (κ1) is 11.4. The van der Waals surface area contributed by atoms with Gasteiger partial charge in [0, 0.05) is 19.0 Å². The Morgan fingerprint density at radius 3 is 2.67 bits per heavy atom. The molecule has 0 aliphatic rings. The fraction of sp³-hybridized carbons (Fsp3) is 0.889. The highest BCUT2D eigenvalue weighted by molar-refractivity contribution is 5.76. The molecule has 0 spiro atoms. The van der Waals surface area contributed by atoms with Crippen molar-refractivity contribution < 1.29 is 4.79 Å². The molecular weight excluding hydrogens is 152 g/mol. The predicted octanol–water partition coefficient (Wildman–Crippen LogP) is 0.901. The molecule has 0 aliphatic carbocycles. The first-order chi connectivity index (χ1) is 5.70. The second-order valence-electron chi connectivity index (χ2n) is 3.11. The monoisotopic (exact) mass is 172 g/mol. The maximum Gasteiger partial charge on any atom is 0.221 e. The minimum atomic E-state index is 0.144. The zero-order valence-electron chi connectivity index (χ0n) is 8.31. The van der Waals surface area contributed by atoms with Crippen LogP contribution in [0.15, 0.2) is 0 Å². The third-order valence-electron chi connectivity index (χ3n) is 1.73. The number of hydrogen-bond acceptors (Lipinski definition) is 2. The van der Waals surface area contributed by atoms with Gasteiger partial charge in [0.05, 0.1) is 0 Å². The average Bonchev–Trinajstić information content (AvgIpc) is 2.01. The van der Waals surface area contributed by atoms with E-state index in [4.69, 9.17) is 0 Å². The van der Waals surface area contributed by atoms with Crippen LogP contribution in [-0.4, -0.2) is 25.5 Å². The lowest BCUT2D eigenvalue weighted by Crippen LogP contribution is -2.33. The first-order valence-corrected chi connectivity index (χ1v) is 4.64. The molecular formula is C9H20N2O. The Balaban J connectivity index is 3.40. The number of rotatable bonds is 6. The van der Waals surface area contributed by atoms with E-state index in [1.165, 1.54) is 0 Å². The highest BCUT2D eigenvalue weighted by Crippen LogP contribution is 1.94. The Morgan fingerprint density at radius 1 is 1.50 bits per heavy atom. The maximum absolute atomic E-state index is 11.1. The summed E-state index contributed by atoms with van der Waals surface area (Å²) < 4.78 is 0. The van der Waals surface area contributed by atoms with Crippen molar-refractivity contribution in [2.75, 3.05) is 13.6 Å². The second kappa shape index (κ2) is 7.10. The van der Waals surface area contributed by atoms with Crippen molar-refractivity contribution in [1.29, 1.82) is 0 Å². The van der Waals surface area contributed by atoms with E-state index in [-0.39, 0.29) is 5.91 Å². The number of carbonyl (C=O) groups is 1. The van der Waals surface area contributed by atoms with E-state index in [0.29, 0.717) is 12.5 Å². The Bertz CT molecular complexity index is 126. The van der Waals surface area contributed by atoms with Gasteiger partial charge in [0.15, 0.2) is 0 Å². The Morgan fingerprint density at radius 2 is 2.17 bits per heavy atom. The quantitative estimate of drug-likeness (QED) is 0.625. The summed E-state index contributed by atoms with van der Waals surface area (Å²) in [5.74, 6) is 0.144. The minimum Gasteiger partial charge on any atom is -0.354 e. The molecule has 1 amide bonds. The fourth-order valence-corrected chi connectivity index (χ4v) is 1.09. The first-order valence-electron chi connectivity index (χ1n) is 4.64. The van der Waals surface area contributed by atoms with Gasteiger partial charge in [-0.3, -0.25) is 4.79 Å². The Labute approximate surface area is 74.9 Å². The van der Waals surface area contributed by atoms with Crippen molar-refractivity contribution >= 4 is 5.91 Å². The van der Waals surface area contributed by atoms with E-state index < -0.39 is 0 Å². The normalized spacial score (nSPS) is 12.6. The zero-order valence-corrected chi connectivity index (χ0v) is 8.31. The molecule has 0 aliphatic heterocycles. The van der Waals surface area contributed by atoms with Gasteiger partial charge in [-0.15, -0.1) is 0 Å². The summed E-state index contributed by atoms with van der Waals surface area (Å²) in [5.41, 5.74) is 0. The van der Waals surface area contributed by atoms with Crippen LogP contribution in [-0.2, 0) is 4.79 Å². The van der Waals surface area contributed by atoms with E-state index in [1.807, 2.05) is 14.0 Å². The van der Waals surface area contributed by atoms with Crippen molar-refractivity contribution in [3.05, 3.63) is 0 Å². The second-order valence-corrected chi connectivity index (χ2v) is 3.11. The van der Waals surface area contributed by atoms with Gasteiger partial charge in [-0.2, -0.15) is 0 Å². The molecule has 0 aromatic heterocycles. The molecule has 72 valence electrons. The van der Waals surface area contributed by atoms with Gasteiger partial charge >= 0.3 is 0 Å². The smallest absolute Gasteiger partial charge is 0.221 e. The predicted molar refractivity (Wildman–Crippen MR) is 51.1 cm³/mol. The van der Waals surface area contributed by atoms with Crippen LogP contribution in [0.2, 0.25) is 0 Å². The van der Waals surface area contributed by atoms with Crippen molar-refractivity contribution in [3.63, 3.8) is 0 Å². The molecule has 3 heteroatoms. The molecule has 2 N–H and O–H groups in total. The van der Waals surface area contributed by atoms with Crippen LogP contribution in [0.25, 0.3) is 0 Å². The highest BCUT2D eigenvalue weighted by atomic mass is 16.1. The van der Waals surface area contributed by atoms with Crippen LogP contribution >= 0.6 is 0 Å². The van der Waals surface area contributed by atoms with Crippen LogP contribution in [0.4, 0.5) is 0 Å². The third kappa shape index (κ3) is 6.16. The van der Waals surface area contributed by atoms with Crippen LogP contribution in [0.5, 0.6) is 0 Å². The summed E-state index contributed by atoms with van der Waals surface area (Å²) in [4.78, 5) is 11.1. The Kier molecular flexibility index (Phi) is 6.76. The van der Waals surface area contributed by atoms with Gasteiger partial charge in [-0.25, -0.2) is 0 Å². The van der Waals surface area contributed by atoms with E-state index >= 15 is 0 Å². The Hall–Kier alpha value is -0.570. The molecule has 0 radical (unpaired) electrons. The van der Waals surface area contributed by atoms with Gasteiger partial charge in [0.1, 0.15) is 0 Å². The number of amides is 1. The lowest BCUT2D eigenvalue weighted by atomic mass is 10.2. The standard InChI is InChI=1S/C9H20N2O/c1-4-5-8(2)11-9(12)6-7-10-3/h8,10H,4-7H2,1-3H3,(H,11,12). The summed E-state index contributed by atoms with van der Waals surface area (Å²) in [6.45, 7) is 4.92. The third-order valence-corrected chi connectivity index (χ3v) is 1.73. The number of carbonyl (C=O) groups excluding carboxylic acids is 1. The van der Waals surface area contributed by atoms with Crippen molar-refractivity contribution in [1.82, 2.24) is 10.6 Å². The SMILES string of the molecule is CCCC(C)NC(=O)CCNC. The summed E-state index contributed by atoms with van der Waals surface area (Å²) in [6.07, 6.45) is 2.75. The molecule has 0 heterocycles. The summed E-state index contributed by atoms with van der Waals surface area (Å²) >= 11 is 0. The van der Waals surface area contributed by atoms with Gasteiger partial charge < -0.3 is 10.6 Å². The molecule has 0 rings (SSSR count). The summed E-state index contributed by atoms with van der Waals surface area (Å²) in [5, 5.41) is 5.88. The molecule has 0 aromatic carbocycles. The lowest BCUT2D eigenvalue weighted by Gasteiger charge is -2.12. The van der Waals surface area contributed by atoms with Gasteiger partial charge in [-0.05, 0) is 20.4 Å². The van der Waals surface area contributed by atoms with Crippen LogP contribution < -0.4 is 10.6 Å². The molecule has 12 heavy (non-hydrogen) atoms. The molecule has 3 nitrogen and oxygen atoms in total. The molecule has 0 fully saturated rings. The summed E-state index contributed by atoms with van der Waals surface area (Å²) in [6, 6.07) is 0.319. The molecule has 0 aromatic rings. The van der Waals surface area contributed by atoms with Crippen molar-refractivity contribution in [3.8, 4) is 0 Å². The molecule has 1 unspecified atom stereocenters. The van der Waals surface area contributed by atoms with E-state index in [9.17, 15) is 4.79 Å². The van der Waals surface area contributed by atoms with Gasteiger partial charge in [-0.1, -0.05) is 13.3 Å². The topological polar surface area (TPSA) is 41.1 Å². The minimum absolute atomic E-state index is 0.144. The summed E-state index contributed by atoms with van der Waals surface area (Å²) in [7, 11) is 1.85. The molecule has 0 saturated carbocycles. The van der Waals surface area contributed by atoms with E-state index in [0.717, 1.165) is 19.4 Å². The number of hydrogen-bond donors (Lipinski definition) is 2.